The number of rotatable bonds is 3. The average Bonchev–Trinajstić information content (AvgIpc) is 2.93. The Morgan fingerprint density at radius 2 is 1.92 bits per heavy atom. The third-order valence-electron chi connectivity index (χ3n) is 5.20. The van der Waals surface area contributed by atoms with Crippen LogP contribution in [0.2, 0.25) is 0 Å². The minimum atomic E-state index is -0.581. The van der Waals surface area contributed by atoms with Gasteiger partial charge in [0.25, 0.3) is 5.91 Å². The van der Waals surface area contributed by atoms with E-state index in [0.29, 0.717) is 37.2 Å². The quantitative estimate of drug-likeness (QED) is 0.798. The Morgan fingerprint density at radius 1 is 1.15 bits per heavy atom. The lowest BCUT2D eigenvalue weighted by Crippen LogP contribution is -2.46. The lowest BCUT2D eigenvalue weighted by molar-refractivity contribution is -0.137. The van der Waals surface area contributed by atoms with Gasteiger partial charge in [-0.2, -0.15) is 0 Å². The lowest BCUT2D eigenvalue weighted by Gasteiger charge is -2.38. The molecule has 4 rings (SSSR count). The Hall–Kier alpha value is -2.82. The van der Waals surface area contributed by atoms with Crippen LogP contribution in [0.3, 0.4) is 0 Å². The highest BCUT2D eigenvalue weighted by Gasteiger charge is 2.47. The number of esters is 1. The summed E-state index contributed by atoms with van der Waals surface area (Å²) in [5, 5.41) is 0. The number of piperidine rings is 1. The summed E-state index contributed by atoms with van der Waals surface area (Å²) in [4.78, 5) is 26.4. The van der Waals surface area contributed by atoms with Crippen LogP contribution in [0.1, 0.15) is 34.3 Å². The van der Waals surface area contributed by atoms with Gasteiger partial charge < -0.3 is 14.4 Å². The summed E-state index contributed by atoms with van der Waals surface area (Å²) < 4.78 is 11.3. The maximum atomic E-state index is 12.5. The summed E-state index contributed by atoms with van der Waals surface area (Å²) in [6.45, 7) is 3.11. The number of benzene rings is 2. The summed E-state index contributed by atoms with van der Waals surface area (Å²) in [5.74, 6) is 0.396. The highest BCUT2D eigenvalue weighted by molar-refractivity contribution is 5.94. The van der Waals surface area contributed by atoms with E-state index in [2.05, 4.69) is 0 Å². The van der Waals surface area contributed by atoms with Crippen molar-refractivity contribution in [1.82, 2.24) is 4.90 Å². The van der Waals surface area contributed by atoms with Crippen molar-refractivity contribution < 1.29 is 19.1 Å². The van der Waals surface area contributed by atoms with Crippen LogP contribution in [0.15, 0.2) is 48.5 Å². The molecule has 2 aromatic carbocycles. The number of fused-ring (bicyclic) bond motifs is 2. The molecule has 0 saturated carbocycles. The van der Waals surface area contributed by atoms with Gasteiger partial charge in [0.05, 0.1) is 5.56 Å². The van der Waals surface area contributed by atoms with Gasteiger partial charge in [0.1, 0.15) is 11.4 Å². The highest BCUT2D eigenvalue weighted by Crippen LogP contribution is 2.43. The summed E-state index contributed by atoms with van der Waals surface area (Å²) >= 11 is 0. The second-order valence-corrected chi connectivity index (χ2v) is 6.92. The fourth-order valence-electron chi connectivity index (χ4n) is 3.78. The number of hydrogen-bond acceptors (Lipinski definition) is 4. The first-order valence-corrected chi connectivity index (χ1v) is 8.87. The number of hydrogen-bond donors (Lipinski definition) is 0. The van der Waals surface area contributed by atoms with Crippen LogP contribution in [0.25, 0.3) is 0 Å². The Labute approximate surface area is 152 Å². The molecule has 2 aliphatic heterocycles. The normalized spacial score (nSPS) is 17.7. The van der Waals surface area contributed by atoms with Crippen molar-refractivity contribution in [2.45, 2.75) is 25.4 Å². The van der Waals surface area contributed by atoms with Gasteiger partial charge in [-0.05, 0) is 30.7 Å². The lowest BCUT2D eigenvalue weighted by atomic mass is 9.84. The van der Waals surface area contributed by atoms with E-state index in [-0.39, 0.29) is 18.5 Å². The molecule has 5 nitrogen and oxygen atoms in total. The van der Waals surface area contributed by atoms with Gasteiger partial charge in [0.2, 0.25) is 0 Å². The van der Waals surface area contributed by atoms with Crippen molar-refractivity contribution in [1.29, 1.82) is 0 Å². The summed E-state index contributed by atoms with van der Waals surface area (Å²) in [5.41, 5.74) is 2.11. The molecule has 1 amide bonds. The zero-order valence-electron chi connectivity index (χ0n) is 14.7. The van der Waals surface area contributed by atoms with Gasteiger partial charge in [-0.3, -0.25) is 4.79 Å². The summed E-state index contributed by atoms with van der Waals surface area (Å²) in [6, 6.07) is 15.2. The van der Waals surface area contributed by atoms with Crippen LogP contribution < -0.4 is 4.74 Å². The maximum Gasteiger partial charge on any atom is 0.339 e. The zero-order chi connectivity index (χ0) is 18.1. The molecule has 0 aromatic heterocycles. The van der Waals surface area contributed by atoms with Crippen LogP contribution >= 0.6 is 0 Å². The van der Waals surface area contributed by atoms with E-state index in [4.69, 9.17) is 9.47 Å². The Bertz CT molecular complexity index is 853. The van der Waals surface area contributed by atoms with E-state index in [1.165, 1.54) is 0 Å². The van der Waals surface area contributed by atoms with Crippen LogP contribution in [0.5, 0.6) is 5.75 Å². The molecule has 1 spiro atoms. The van der Waals surface area contributed by atoms with Crippen molar-refractivity contribution in [3.8, 4) is 5.75 Å². The van der Waals surface area contributed by atoms with Crippen LogP contribution in [-0.4, -0.2) is 36.5 Å². The minimum absolute atomic E-state index is 0.0207. The van der Waals surface area contributed by atoms with Crippen LogP contribution in [0, 0.1) is 6.92 Å². The molecule has 5 heteroatoms. The van der Waals surface area contributed by atoms with Gasteiger partial charge in [-0.15, -0.1) is 0 Å². The maximum absolute atomic E-state index is 12.5. The van der Waals surface area contributed by atoms with Gasteiger partial charge >= 0.3 is 5.97 Å². The van der Waals surface area contributed by atoms with Crippen LogP contribution in [0.4, 0.5) is 0 Å². The SMILES string of the molecule is Cc1cccc(OCC(=O)N2CCC3(CC2)OC(=O)c2ccccc23)c1. The van der Waals surface area contributed by atoms with E-state index in [1.807, 2.05) is 49.4 Å². The predicted molar refractivity (Wildman–Crippen MR) is 96.0 cm³/mol. The fraction of sp³-hybridized carbons (Fsp3) is 0.333. The zero-order valence-corrected chi connectivity index (χ0v) is 14.7. The van der Waals surface area contributed by atoms with Gasteiger partial charge in [0, 0.05) is 31.5 Å². The smallest absolute Gasteiger partial charge is 0.339 e. The number of ether oxygens (including phenoxy) is 2. The number of carbonyl (C=O) groups excluding carboxylic acids is 2. The Balaban J connectivity index is 1.38. The largest absolute Gasteiger partial charge is 0.484 e. The van der Waals surface area contributed by atoms with E-state index >= 15 is 0 Å². The number of likely N-dealkylation sites (tertiary alicyclic amines) is 1. The van der Waals surface area contributed by atoms with Gasteiger partial charge in [-0.1, -0.05) is 30.3 Å². The molecule has 0 radical (unpaired) electrons. The van der Waals surface area contributed by atoms with Crippen LogP contribution in [-0.2, 0) is 15.1 Å². The Morgan fingerprint density at radius 3 is 2.69 bits per heavy atom. The minimum Gasteiger partial charge on any atom is -0.484 e. The topological polar surface area (TPSA) is 55.8 Å². The molecule has 2 heterocycles. The predicted octanol–water partition coefficient (Wildman–Crippen LogP) is 3.06. The third kappa shape index (κ3) is 2.94. The second-order valence-electron chi connectivity index (χ2n) is 6.92. The summed E-state index contributed by atoms with van der Waals surface area (Å²) in [7, 11) is 0. The molecule has 134 valence electrons. The van der Waals surface area contributed by atoms with Crippen molar-refractivity contribution in [2.24, 2.45) is 0 Å². The Kier molecular flexibility index (Phi) is 4.15. The first kappa shape index (κ1) is 16.6. The average molecular weight is 351 g/mol. The molecular weight excluding hydrogens is 330 g/mol. The van der Waals surface area contributed by atoms with Crippen molar-refractivity contribution in [2.75, 3.05) is 19.7 Å². The first-order valence-electron chi connectivity index (χ1n) is 8.87. The number of amides is 1. The van der Waals surface area contributed by atoms with Crippen molar-refractivity contribution in [3.63, 3.8) is 0 Å². The highest BCUT2D eigenvalue weighted by atomic mass is 16.6. The molecular formula is C21H21NO4. The molecule has 26 heavy (non-hydrogen) atoms. The molecule has 1 fully saturated rings. The fourth-order valence-corrected chi connectivity index (χ4v) is 3.78. The molecule has 0 aliphatic carbocycles. The molecule has 2 aliphatic rings. The molecule has 2 aromatic rings. The molecule has 0 N–H and O–H groups in total. The molecule has 1 saturated heterocycles. The molecule has 0 atom stereocenters. The number of aryl methyl sites for hydroxylation is 1. The third-order valence-corrected chi connectivity index (χ3v) is 5.20. The van der Waals surface area contributed by atoms with E-state index < -0.39 is 5.60 Å². The first-order chi connectivity index (χ1) is 12.6. The van der Waals surface area contributed by atoms with Crippen molar-refractivity contribution >= 4 is 11.9 Å². The van der Waals surface area contributed by atoms with E-state index in [0.717, 1.165) is 11.1 Å². The van der Waals surface area contributed by atoms with E-state index in [1.54, 1.807) is 11.0 Å². The number of nitrogens with zero attached hydrogens (tertiary/aromatic N) is 1. The monoisotopic (exact) mass is 351 g/mol. The summed E-state index contributed by atoms with van der Waals surface area (Å²) in [6.07, 6.45) is 1.23. The number of carbonyl (C=O) groups is 2. The van der Waals surface area contributed by atoms with E-state index in [9.17, 15) is 9.59 Å². The molecule has 0 unspecified atom stereocenters. The van der Waals surface area contributed by atoms with Crippen molar-refractivity contribution in [3.05, 3.63) is 65.2 Å². The standard InChI is InChI=1S/C21H21NO4/c1-15-5-4-6-16(13-15)25-14-19(23)22-11-9-21(10-12-22)18-8-3-2-7-17(18)20(24)26-21/h2-8,13H,9-12,14H2,1H3. The van der Waals surface area contributed by atoms with Gasteiger partial charge in [-0.25, -0.2) is 4.79 Å². The molecule has 0 bridgehead atoms. The van der Waals surface area contributed by atoms with Gasteiger partial charge in [0.15, 0.2) is 6.61 Å². The second kappa shape index (κ2) is 6.48.